The van der Waals surface area contributed by atoms with Gasteiger partial charge in [-0.3, -0.25) is 29.0 Å². The van der Waals surface area contributed by atoms with Crippen molar-refractivity contribution in [1.82, 2.24) is 35.6 Å². The first-order chi connectivity index (χ1) is 47.1. The van der Waals surface area contributed by atoms with E-state index >= 15 is 0 Å². The Morgan fingerprint density at radius 3 is 1.23 bits per heavy atom. The lowest BCUT2D eigenvalue weighted by atomic mass is 9.80. The van der Waals surface area contributed by atoms with Gasteiger partial charge in [0.05, 0.1) is 49.3 Å². The second-order valence-corrected chi connectivity index (χ2v) is 20.7. The summed E-state index contributed by atoms with van der Waals surface area (Å²) in [5.41, 5.74) is 5.11. The number of likely N-dealkylation sites (N-methyl/N-ethyl adjacent to an activating group) is 2. The molecule has 4 saturated heterocycles. The number of rotatable bonds is 17. The van der Waals surface area contributed by atoms with E-state index in [0.717, 1.165) is 80.2 Å². The zero-order valence-electron chi connectivity index (χ0n) is 68.1. The van der Waals surface area contributed by atoms with Crippen LogP contribution in [0.15, 0.2) is 97.1 Å². The molecule has 0 aliphatic carbocycles. The van der Waals surface area contributed by atoms with Crippen molar-refractivity contribution < 1.29 is 67.1 Å². The van der Waals surface area contributed by atoms with Gasteiger partial charge in [-0.15, -0.1) is 0 Å². The molecule has 2 amide bonds. The van der Waals surface area contributed by atoms with Crippen LogP contribution in [0.2, 0.25) is 0 Å². The molecule has 4 heterocycles. The van der Waals surface area contributed by atoms with Crippen molar-refractivity contribution >= 4 is 29.1 Å². The summed E-state index contributed by atoms with van der Waals surface area (Å²) < 4.78 is 134. The molecule has 0 saturated carbocycles. The van der Waals surface area contributed by atoms with Gasteiger partial charge in [0.2, 0.25) is 11.8 Å². The number of benzene rings is 4. The van der Waals surface area contributed by atoms with Gasteiger partial charge in [-0.05, 0) is 139 Å². The van der Waals surface area contributed by atoms with E-state index in [2.05, 4.69) is 56.9 Å². The second-order valence-electron chi connectivity index (χ2n) is 20.7. The summed E-state index contributed by atoms with van der Waals surface area (Å²) in [5.74, 6) is -0.405. The maximum Gasteiger partial charge on any atom is 0.229 e. The molecule has 14 nitrogen and oxygen atoms in total. The highest BCUT2D eigenvalue weighted by Crippen LogP contribution is 2.32. The Morgan fingerprint density at radius 2 is 0.893 bits per heavy atom. The minimum atomic E-state index is -0.741. The van der Waals surface area contributed by atoms with Crippen LogP contribution in [-0.4, -0.2) is 187 Å². The molecule has 0 aromatic heterocycles. The topological polar surface area (TPSA) is 139 Å². The van der Waals surface area contributed by atoms with Crippen LogP contribution in [0.25, 0.3) is 0 Å². The van der Waals surface area contributed by atoms with E-state index in [4.69, 9.17) is 42.1 Å². The second kappa shape index (κ2) is 28.7. The number of anilines is 1. The van der Waals surface area contributed by atoms with Gasteiger partial charge >= 0.3 is 0 Å². The monoisotopic (exact) mass is 1080 g/mol. The number of hydrogen-bond acceptors (Lipinski definition) is 12. The normalized spacial score (nSPS) is 19.7. The average Bonchev–Trinajstić information content (AvgIpc) is 0.797. The number of hydrogen-bond donors (Lipinski definition) is 3. The largest absolute Gasteiger partial charge is 0.378 e. The summed E-state index contributed by atoms with van der Waals surface area (Å²) in [6.07, 6.45) is 2.45. The number of nitrogens with one attached hydrogen (secondary N) is 3. The lowest BCUT2D eigenvalue weighted by Gasteiger charge is -2.38. The van der Waals surface area contributed by atoms with Crippen molar-refractivity contribution in [3.05, 3.63) is 136 Å². The van der Waals surface area contributed by atoms with E-state index in [0.29, 0.717) is 83.9 Å². The minimum absolute atomic E-state index is 0. The Bertz CT molecular complexity index is 2460. The van der Waals surface area contributed by atoms with Crippen LogP contribution in [-0.2, 0) is 31.9 Å². The summed E-state index contributed by atoms with van der Waals surface area (Å²) in [6, 6.07) is 30.1. The van der Waals surface area contributed by atoms with Crippen LogP contribution in [0.4, 0.5) is 10.1 Å². The molecule has 4 unspecified atom stereocenters. The fraction of sp³-hybridized carbons (Fsp3) is 0.533. The minimum Gasteiger partial charge on any atom is -0.378 e. The SMILES string of the molecule is C1CNCCN1.CCC(Cc1ccc(C(C)C(=O)N2CCOCC2)cc1)(C(=O)c1ccc(F)cc1)N(C)C.CCC(Cc1ccc(C(C)C(=O)N2CCOCC2)cc1)(C(=O)c1ccc(N2CCNCC2)cc1)N(C)C.[2HH].[2H][2H].[2H][2H].[2H][2H].[2H][2H].[2H][2H].[2H][2H].[2H][2H].[2H][2H].[2H][2H].[2H][2H].[2H][2H]. The Hall–Kier alpha value is -5.39. The van der Waals surface area contributed by atoms with Gasteiger partial charge in [-0.25, -0.2) is 4.39 Å². The number of carbonyl (C=O) groups excluding carboxylic acids is 4. The predicted molar refractivity (Wildman–Crippen MR) is 323 cm³/mol. The molecule has 4 aromatic rings. The van der Waals surface area contributed by atoms with Gasteiger partial charge in [-0.1, -0.05) is 62.4 Å². The number of nitrogens with zero attached hydrogens (tertiary/aromatic N) is 5. The summed E-state index contributed by atoms with van der Waals surface area (Å²) in [7, 11) is 7.80. The standard InChI is InChI=1S/C30H42N4O3.C26H33FN2O3.C4H10N2.12H2/c1-5-30(32(3)4,28(35)26-10-12-27(13-11-26)33-16-14-31-15-17-33)22-24-6-8-25(9-7-24)23(2)29(36)34-18-20-37-21-19-34;1-5-26(28(3)4,24(30)22-10-12-23(27)13-11-22)18-20-6-8-21(9-7-20)19(2)25(31)29-14-16-32-17-15-29;1-2-6-4-3-5-1;;;;;;;;;;;;/h6-13,23,31H,5,14-22H2,1-4H3;6-13,19H,5,14-18H2,1-4H3;5-6H,1-4H2;12*1H/i;;;11*1+1D;1+1. The first-order valence-electron chi connectivity index (χ1n) is 38.2. The molecule has 4 aromatic carbocycles. The highest BCUT2D eigenvalue weighted by atomic mass is 19.1. The summed E-state index contributed by atoms with van der Waals surface area (Å²) in [4.78, 5) is 63.3. The van der Waals surface area contributed by atoms with E-state index in [1.807, 2.05) is 112 Å². The third-order valence-electron chi connectivity index (χ3n) is 15.7. The smallest absolute Gasteiger partial charge is 0.229 e. The van der Waals surface area contributed by atoms with Crippen molar-refractivity contribution in [2.24, 2.45) is 0 Å². The number of amides is 2. The number of carbonyl (C=O) groups is 4. The quantitative estimate of drug-likeness (QED) is 0.0870. The Balaban J connectivity index is -0.000000246. The maximum absolute atomic E-state index is 13.9. The van der Waals surface area contributed by atoms with Crippen molar-refractivity contribution in [2.45, 2.75) is 76.3 Å². The van der Waals surface area contributed by atoms with Crippen LogP contribution in [0.5, 0.6) is 0 Å². The lowest BCUT2D eigenvalue weighted by Crippen LogP contribution is -2.52. The summed E-state index contributed by atoms with van der Waals surface area (Å²) >= 11 is 0. The highest BCUT2D eigenvalue weighted by molar-refractivity contribution is 6.04. The Morgan fingerprint density at radius 1 is 0.547 bits per heavy atom. The van der Waals surface area contributed by atoms with Gasteiger partial charge < -0.3 is 40.1 Å². The van der Waals surface area contributed by atoms with E-state index < -0.39 is 11.1 Å². The number of Topliss-reactive ketones (excluding diaryl/α,β-unsaturated/α-hetero) is 2. The fourth-order valence-electron chi connectivity index (χ4n) is 10.5. The van der Waals surface area contributed by atoms with Crippen LogP contribution < -0.4 is 20.9 Å². The van der Waals surface area contributed by atoms with Crippen molar-refractivity contribution in [3.63, 3.8) is 0 Å². The molecule has 4 aliphatic heterocycles. The lowest BCUT2D eigenvalue weighted by molar-refractivity contribution is -0.137. The number of ketones is 2. The average molecular weight is 1080 g/mol. The number of halogens is 1. The van der Waals surface area contributed by atoms with Crippen molar-refractivity contribution in [2.75, 3.05) is 138 Å². The summed E-state index contributed by atoms with van der Waals surface area (Å²) in [6.45, 7) is 21.4. The van der Waals surface area contributed by atoms with Gasteiger partial charge in [-0.2, -0.15) is 0 Å². The molecule has 0 radical (unpaired) electrons. The molecule has 432 valence electrons. The predicted octanol–water partition coefficient (Wildman–Crippen LogP) is 9.25. The van der Waals surface area contributed by atoms with Crippen LogP contribution in [0.3, 0.4) is 0 Å². The maximum atomic E-state index is 13.9. The molecule has 4 atom stereocenters. The number of ether oxygens (including phenoxy) is 2. The molecule has 4 aliphatic rings. The molecule has 15 heteroatoms. The zero-order valence-corrected chi connectivity index (χ0v) is 46.1. The molecule has 4 fully saturated rings. The molecular formula is C60H109FN8O6. The third kappa shape index (κ3) is 15.4. The zero-order chi connectivity index (χ0) is 76.0. The Kier molecular flexibility index (Phi) is 17.1. The number of morpholine rings is 2. The third-order valence-corrected chi connectivity index (χ3v) is 15.7. The van der Waals surface area contributed by atoms with Crippen molar-refractivity contribution in [3.8, 4) is 0 Å². The van der Waals surface area contributed by atoms with E-state index in [1.54, 1.807) is 12.1 Å². The van der Waals surface area contributed by atoms with Gasteiger partial charge in [0.1, 0.15) is 5.82 Å². The van der Waals surface area contributed by atoms with E-state index in [-0.39, 0.29) is 42.5 Å². The van der Waals surface area contributed by atoms with Crippen LogP contribution >= 0.6 is 0 Å². The fourth-order valence-corrected chi connectivity index (χ4v) is 10.5. The molecular weight excluding hydrogens is 948 g/mol. The van der Waals surface area contributed by atoms with Crippen molar-refractivity contribution in [1.29, 1.82) is 0 Å². The molecule has 8 rings (SSSR count). The van der Waals surface area contributed by atoms with Crippen LogP contribution in [0.1, 0.15) is 129 Å². The van der Waals surface area contributed by atoms with E-state index in [9.17, 15) is 23.6 Å². The first-order valence-corrected chi connectivity index (χ1v) is 27.2. The van der Waals surface area contributed by atoms with Gasteiger partial charge in [0.15, 0.2) is 11.6 Å². The first kappa shape index (κ1) is 44.7. The van der Waals surface area contributed by atoms with Gasteiger partial charge in [0, 0.05) is 129 Å². The molecule has 0 bridgehead atoms. The van der Waals surface area contributed by atoms with Gasteiger partial charge in [0.25, 0.3) is 0 Å². The number of piperazine rings is 2. The molecule has 0 spiro atoms. The summed E-state index contributed by atoms with van der Waals surface area (Å²) in [5, 5.41) is 9.83. The molecule has 3 N–H and O–H groups in total. The highest BCUT2D eigenvalue weighted by Gasteiger charge is 2.41. The molecule has 75 heavy (non-hydrogen) atoms. The Labute approximate surface area is 482 Å². The van der Waals surface area contributed by atoms with Crippen LogP contribution in [0, 0.1) is 5.82 Å². The van der Waals surface area contributed by atoms with E-state index in [1.165, 1.54) is 17.8 Å².